The van der Waals surface area contributed by atoms with Gasteiger partial charge in [-0.2, -0.15) is 0 Å². The molecule has 1 aromatic carbocycles. The Morgan fingerprint density at radius 2 is 1.83 bits per heavy atom. The molecule has 0 aliphatic rings. The molecule has 0 radical (unpaired) electrons. The smallest absolute Gasteiger partial charge is 0.0916 e. The third-order valence-electron chi connectivity index (χ3n) is 2.62. The van der Waals surface area contributed by atoms with E-state index in [-0.39, 0.29) is 0 Å². The number of halogens is 1. The molecule has 2 N–H and O–H groups in total. The van der Waals surface area contributed by atoms with Gasteiger partial charge in [-0.1, -0.05) is 23.7 Å². The Labute approximate surface area is 113 Å². The molecule has 0 fully saturated rings. The maximum Gasteiger partial charge on any atom is 0.0916 e. The second kappa shape index (κ2) is 7.71. The number of hydrogen-bond acceptors (Lipinski definition) is 4. The van der Waals surface area contributed by atoms with Gasteiger partial charge in [0, 0.05) is 25.2 Å². The normalized spacial score (nSPS) is 14.8. The zero-order valence-corrected chi connectivity index (χ0v) is 11.5. The molecule has 0 saturated carbocycles. The van der Waals surface area contributed by atoms with Crippen LogP contribution in [-0.4, -0.2) is 55.1 Å². The number of methoxy groups -OCH3 is 1. The molecule has 1 aromatic rings. The lowest BCUT2D eigenvalue weighted by Crippen LogP contribution is -2.34. The molecule has 4 nitrogen and oxygen atoms in total. The summed E-state index contributed by atoms with van der Waals surface area (Å²) in [5, 5.41) is 20.2. The van der Waals surface area contributed by atoms with Crippen LogP contribution >= 0.6 is 11.6 Å². The van der Waals surface area contributed by atoms with Gasteiger partial charge in [-0.05, 0) is 24.7 Å². The van der Waals surface area contributed by atoms with Crippen LogP contribution in [-0.2, 0) is 4.74 Å². The molecular weight excluding hydrogens is 254 g/mol. The van der Waals surface area contributed by atoms with Crippen LogP contribution in [0.3, 0.4) is 0 Å². The molecule has 0 heterocycles. The average Bonchev–Trinajstić information content (AvgIpc) is 2.29. The first-order valence-electron chi connectivity index (χ1n) is 5.82. The van der Waals surface area contributed by atoms with Gasteiger partial charge in [0.1, 0.15) is 0 Å². The topological polar surface area (TPSA) is 52.9 Å². The van der Waals surface area contributed by atoms with Gasteiger partial charge in [0.2, 0.25) is 0 Å². The van der Waals surface area contributed by atoms with Gasteiger partial charge in [-0.15, -0.1) is 0 Å². The van der Waals surface area contributed by atoms with Crippen LogP contribution in [0.4, 0.5) is 0 Å². The van der Waals surface area contributed by atoms with E-state index in [4.69, 9.17) is 16.3 Å². The van der Waals surface area contributed by atoms with E-state index in [9.17, 15) is 10.2 Å². The van der Waals surface area contributed by atoms with E-state index in [1.165, 1.54) is 0 Å². The van der Waals surface area contributed by atoms with E-state index < -0.39 is 12.2 Å². The Kier molecular flexibility index (Phi) is 6.60. The maximum atomic E-state index is 10.0. The van der Waals surface area contributed by atoms with Crippen molar-refractivity contribution in [2.45, 2.75) is 12.2 Å². The molecule has 102 valence electrons. The molecule has 0 spiro atoms. The van der Waals surface area contributed by atoms with Gasteiger partial charge >= 0.3 is 0 Å². The molecule has 1 rings (SSSR count). The van der Waals surface area contributed by atoms with E-state index in [0.717, 1.165) is 5.56 Å². The number of ether oxygens (including phenoxy) is 1. The fourth-order valence-electron chi connectivity index (χ4n) is 1.76. The summed E-state index contributed by atoms with van der Waals surface area (Å²) in [7, 11) is 3.39. The summed E-state index contributed by atoms with van der Waals surface area (Å²) in [5.74, 6) is 0. The van der Waals surface area contributed by atoms with E-state index in [2.05, 4.69) is 0 Å². The lowest BCUT2D eigenvalue weighted by Gasteiger charge is -2.23. The molecule has 0 saturated heterocycles. The minimum Gasteiger partial charge on any atom is -0.389 e. The molecule has 0 bridgehead atoms. The molecular formula is C13H20ClNO3. The highest BCUT2D eigenvalue weighted by Crippen LogP contribution is 2.17. The van der Waals surface area contributed by atoms with Crippen LogP contribution in [0.2, 0.25) is 5.02 Å². The SMILES string of the molecule is COC[C@@H](O)CN(C)C[C@H](O)c1ccc(Cl)cc1. The lowest BCUT2D eigenvalue weighted by atomic mass is 10.1. The molecule has 0 aliphatic carbocycles. The number of hydrogen-bond donors (Lipinski definition) is 2. The first-order valence-corrected chi connectivity index (χ1v) is 6.19. The van der Waals surface area contributed by atoms with E-state index in [0.29, 0.717) is 24.7 Å². The van der Waals surface area contributed by atoms with Gasteiger partial charge in [-0.3, -0.25) is 0 Å². The number of rotatable bonds is 7. The van der Waals surface area contributed by atoms with Crippen molar-refractivity contribution in [3.05, 3.63) is 34.9 Å². The van der Waals surface area contributed by atoms with E-state index in [1.54, 1.807) is 31.4 Å². The Morgan fingerprint density at radius 3 is 2.39 bits per heavy atom. The van der Waals surface area contributed by atoms with Crippen LogP contribution in [0.1, 0.15) is 11.7 Å². The van der Waals surface area contributed by atoms with Crippen molar-refractivity contribution >= 4 is 11.6 Å². The summed E-state index contributed by atoms with van der Waals surface area (Å²) in [5.41, 5.74) is 0.812. The summed E-state index contributed by atoms with van der Waals surface area (Å²) in [4.78, 5) is 1.86. The van der Waals surface area contributed by atoms with Crippen molar-refractivity contribution in [1.29, 1.82) is 0 Å². The standard InChI is InChI=1S/C13H20ClNO3/c1-15(7-12(16)9-18-2)8-13(17)10-3-5-11(14)6-4-10/h3-6,12-13,16-17H,7-9H2,1-2H3/t12-,13-/m0/s1. The van der Waals surface area contributed by atoms with Gasteiger partial charge in [0.05, 0.1) is 18.8 Å². The number of benzene rings is 1. The molecule has 0 unspecified atom stereocenters. The predicted octanol–water partition coefficient (Wildman–Crippen LogP) is 1.31. The fourth-order valence-corrected chi connectivity index (χ4v) is 1.89. The third-order valence-corrected chi connectivity index (χ3v) is 2.87. The van der Waals surface area contributed by atoms with Crippen LogP contribution in [0.5, 0.6) is 0 Å². The van der Waals surface area contributed by atoms with Crippen molar-refractivity contribution < 1.29 is 14.9 Å². The fraction of sp³-hybridized carbons (Fsp3) is 0.538. The maximum absolute atomic E-state index is 10.0. The van der Waals surface area contributed by atoms with Crippen LogP contribution in [0, 0.1) is 0 Å². The highest BCUT2D eigenvalue weighted by atomic mass is 35.5. The van der Waals surface area contributed by atoms with Gasteiger partial charge in [0.15, 0.2) is 0 Å². The largest absolute Gasteiger partial charge is 0.389 e. The Balaban J connectivity index is 2.43. The van der Waals surface area contributed by atoms with Gasteiger partial charge in [-0.25, -0.2) is 0 Å². The second-order valence-electron chi connectivity index (χ2n) is 4.40. The van der Waals surface area contributed by atoms with E-state index in [1.807, 2.05) is 11.9 Å². The molecule has 5 heteroatoms. The van der Waals surface area contributed by atoms with Gasteiger partial charge < -0.3 is 19.8 Å². The van der Waals surface area contributed by atoms with Crippen LogP contribution < -0.4 is 0 Å². The molecule has 0 aromatic heterocycles. The predicted molar refractivity (Wildman–Crippen MR) is 71.8 cm³/mol. The first-order chi connectivity index (χ1) is 8.52. The Bertz CT molecular complexity index is 345. The minimum absolute atomic E-state index is 0.293. The molecule has 18 heavy (non-hydrogen) atoms. The average molecular weight is 274 g/mol. The second-order valence-corrected chi connectivity index (χ2v) is 4.83. The summed E-state index contributed by atoms with van der Waals surface area (Å²) < 4.78 is 4.85. The van der Waals surface area contributed by atoms with Crippen LogP contribution in [0.15, 0.2) is 24.3 Å². The number of nitrogens with zero attached hydrogens (tertiary/aromatic N) is 1. The monoisotopic (exact) mass is 273 g/mol. The molecule has 0 amide bonds. The number of aliphatic hydroxyl groups is 2. The first kappa shape index (κ1) is 15.4. The van der Waals surface area contributed by atoms with Crippen molar-refractivity contribution in [2.75, 3.05) is 33.9 Å². The van der Waals surface area contributed by atoms with Crippen molar-refractivity contribution in [3.8, 4) is 0 Å². The lowest BCUT2D eigenvalue weighted by molar-refractivity contribution is 0.0318. The van der Waals surface area contributed by atoms with Gasteiger partial charge in [0.25, 0.3) is 0 Å². The minimum atomic E-state index is -0.595. The summed E-state index contributed by atoms with van der Waals surface area (Å²) >= 11 is 5.79. The summed E-state index contributed by atoms with van der Waals surface area (Å²) in [6.45, 7) is 1.20. The van der Waals surface area contributed by atoms with E-state index >= 15 is 0 Å². The highest BCUT2D eigenvalue weighted by Gasteiger charge is 2.13. The molecule has 0 aliphatic heterocycles. The number of aliphatic hydroxyl groups excluding tert-OH is 2. The van der Waals surface area contributed by atoms with Crippen LogP contribution in [0.25, 0.3) is 0 Å². The number of likely N-dealkylation sites (N-methyl/N-ethyl adjacent to an activating group) is 1. The summed E-state index contributed by atoms with van der Waals surface area (Å²) in [6, 6.07) is 7.10. The highest BCUT2D eigenvalue weighted by molar-refractivity contribution is 6.30. The quantitative estimate of drug-likeness (QED) is 0.787. The van der Waals surface area contributed by atoms with Crippen molar-refractivity contribution in [3.63, 3.8) is 0 Å². The van der Waals surface area contributed by atoms with Crippen molar-refractivity contribution in [1.82, 2.24) is 4.90 Å². The Morgan fingerprint density at radius 1 is 1.22 bits per heavy atom. The summed E-state index contributed by atoms with van der Waals surface area (Å²) in [6.07, 6.45) is -1.14. The molecule has 2 atom stereocenters. The van der Waals surface area contributed by atoms with Crippen molar-refractivity contribution in [2.24, 2.45) is 0 Å². The zero-order chi connectivity index (χ0) is 13.5. The third kappa shape index (κ3) is 5.33. The zero-order valence-electron chi connectivity index (χ0n) is 10.7. The Hall–Kier alpha value is -0.650.